The van der Waals surface area contributed by atoms with Crippen LogP contribution in [0.3, 0.4) is 0 Å². The van der Waals surface area contributed by atoms with Crippen molar-refractivity contribution in [3.63, 3.8) is 0 Å². The minimum atomic E-state index is 0.142. The molecule has 0 saturated heterocycles. The van der Waals surface area contributed by atoms with E-state index < -0.39 is 0 Å². The lowest BCUT2D eigenvalue weighted by molar-refractivity contribution is 0.197. The van der Waals surface area contributed by atoms with Crippen LogP contribution in [0.1, 0.15) is 33.4 Å². The van der Waals surface area contributed by atoms with Gasteiger partial charge in [-0.05, 0) is 37.5 Å². The lowest BCUT2D eigenvalue weighted by Gasteiger charge is -2.18. The molecule has 0 spiro atoms. The number of hydrogen-bond acceptors (Lipinski definition) is 4. The number of methoxy groups -OCH3 is 1. The largest absolute Gasteiger partial charge is 0.383 e. The summed E-state index contributed by atoms with van der Waals surface area (Å²) in [4.78, 5) is 4.63. The number of aryl methyl sites for hydroxylation is 3. The highest BCUT2D eigenvalue weighted by molar-refractivity contribution is 7.09. The Hall–Kier alpha value is -1.23. The number of nitrogens with zero attached hydrogens (tertiary/aromatic N) is 1. The summed E-state index contributed by atoms with van der Waals surface area (Å²) >= 11 is 1.71. The van der Waals surface area contributed by atoms with E-state index in [9.17, 15) is 0 Å². The maximum atomic E-state index is 5.13. The van der Waals surface area contributed by atoms with Crippen molar-refractivity contribution in [3.05, 3.63) is 51.0 Å². The number of thiazole rings is 1. The molecule has 4 heteroatoms. The van der Waals surface area contributed by atoms with Gasteiger partial charge < -0.3 is 10.1 Å². The molecule has 1 aromatic carbocycles. The topological polar surface area (TPSA) is 34.1 Å². The van der Waals surface area contributed by atoms with E-state index in [4.69, 9.17) is 4.74 Å². The number of hydrogen-bond donors (Lipinski definition) is 1. The molecule has 0 aliphatic carbocycles. The Bertz CT molecular complexity index is 565. The third-order valence-electron chi connectivity index (χ3n) is 3.40. The van der Waals surface area contributed by atoms with Crippen LogP contribution in [0, 0.1) is 20.8 Å². The molecule has 1 aromatic heterocycles. The molecule has 0 saturated carbocycles. The lowest BCUT2D eigenvalue weighted by atomic mass is 10.0. The van der Waals surface area contributed by atoms with Gasteiger partial charge in [0.05, 0.1) is 12.6 Å². The Morgan fingerprint density at radius 3 is 2.65 bits per heavy atom. The summed E-state index contributed by atoms with van der Waals surface area (Å²) in [6, 6.07) is 6.75. The zero-order chi connectivity index (χ0) is 14.5. The molecule has 0 aliphatic rings. The second kappa shape index (κ2) is 6.97. The third-order valence-corrected chi connectivity index (χ3v) is 4.43. The molecular weight excluding hydrogens is 268 g/mol. The number of benzene rings is 1. The Balaban J connectivity index is 2.27. The molecule has 3 nitrogen and oxygen atoms in total. The van der Waals surface area contributed by atoms with Gasteiger partial charge in [0.25, 0.3) is 0 Å². The third kappa shape index (κ3) is 3.66. The maximum absolute atomic E-state index is 5.13. The fourth-order valence-corrected chi connectivity index (χ4v) is 3.00. The van der Waals surface area contributed by atoms with Gasteiger partial charge in [0.15, 0.2) is 0 Å². The van der Waals surface area contributed by atoms with Crippen molar-refractivity contribution in [2.24, 2.45) is 0 Å². The standard InChI is InChI=1S/C16H22N2OS/c1-11-5-6-14(9-12(11)2)15(17-7-8-19-4)16-18-13(3)10-20-16/h5-6,9-10,15,17H,7-8H2,1-4H3. The van der Waals surface area contributed by atoms with Crippen LogP contribution in [0.15, 0.2) is 23.6 Å². The number of ether oxygens (including phenoxy) is 1. The average Bonchev–Trinajstić information content (AvgIpc) is 2.85. The summed E-state index contributed by atoms with van der Waals surface area (Å²) in [5, 5.41) is 6.75. The molecule has 1 heterocycles. The first-order valence-corrected chi connectivity index (χ1v) is 7.71. The Morgan fingerprint density at radius 2 is 2.05 bits per heavy atom. The molecule has 0 amide bonds. The Morgan fingerprint density at radius 1 is 1.25 bits per heavy atom. The molecule has 20 heavy (non-hydrogen) atoms. The summed E-state index contributed by atoms with van der Waals surface area (Å²) < 4.78 is 5.13. The van der Waals surface area contributed by atoms with Crippen molar-refractivity contribution in [2.45, 2.75) is 26.8 Å². The number of nitrogens with one attached hydrogen (secondary N) is 1. The molecule has 108 valence electrons. The number of rotatable bonds is 6. The summed E-state index contributed by atoms with van der Waals surface area (Å²) in [5.74, 6) is 0. The zero-order valence-corrected chi connectivity index (χ0v) is 13.4. The van der Waals surface area contributed by atoms with Gasteiger partial charge >= 0.3 is 0 Å². The lowest BCUT2D eigenvalue weighted by Crippen LogP contribution is -2.26. The first kappa shape index (κ1) is 15.2. The average molecular weight is 290 g/mol. The predicted molar refractivity (Wildman–Crippen MR) is 84.5 cm³/mol. The van der Waals surface area contributed by atoms with E-state index in [2.05, 4.69) is 47.7 Å². The second-order valence-corrected chi connectivity index (χ2v) is 5.94. The highest BCUT2D eigenvalue weighted by atomic mass is 32.1. The molecule has 2 aromatic rings. The van der Waals surface area contributed by atoms with Crippen LogP contribution >= 0.6 is 11.3 Å². The van der Waals surface area contributed by atoms with E-state index in [0.717, 1.165) is 17.2 Å². The van der Waals surface area contributed by atoms with Gasteiger partial charge in [-0.2, -0.15) is 0 Å². The molecule has 1 N–H and O–H groups in total. The fourth-order valence-electron chi connectivity index (χ4n) is 2.10. The SMILES string of the molecule is COCCNC(c1ccc(C)c(C)c1)c1nc(C)cs1. The normalized spacial score (nSPS) is 12.6. The predicted octanol–water partition coefficient (Wildman–Crippen LogP) is 3.39. The zero-order valence-electron chi connectivity index (χ0n) is 12.6. The summed E-state index contributed by atoms with van der Waals surface area (Å²) in [6.07, 6.45) is 0. The first-order chi connectivity index (χ1) is 9.61. The summed E-state index contributed by atoms with van der Waals surface area (Å²) in [6.45, 7) is 7.84. The van der Waals surface area contributed by atoms with Gasteiger partial charge in [-0.1, -0.05) is 18.2 Å². The summed E-state index contributed by atoms with van der Waals surface area (Å²) in [5.41, 5.74) is 4.97. The molecule has 2 rings (SSSR count). The smallest absolute Gasteiger partial charge is 0.114 e. The molecule has 0 fully saturated rings. The summed E-state index contributed by atoms with van der Waals surface area (Å²) in [7, 11) is 1.72. The van der Waals surface area contributed by atoms with Crippen molar-refractivity contribution < 1.29 is 4.74 Å². The number of aromatic nitrogens is 1. The van der Waals surface area contributed by atoms with E-state index in [0.29, 0.717) is 6.61 Å². The molecule has 1 atom stereocenters. The van der Waals surface area contributed by atoms with E-state index in [1.807, 2.05) is 6.92 Å². The maximum Gasteiger partial charge on any atom is 0.114 e. The van der Waals surface area contributed by atoms with Crippen molar-refractivity contribution in [1.29, 1.82) is 0 Å². The Labute approximate surface area is 125 Å². The van der Waals surface area contributed by atoms with E-state index in [1.54, 1.807) is 18.4 Å². The molecule has 0 bridgehead atoms. The van der Waals surface area contributed by atoms with Crippen LogP contribution < -0.4 is 5.32 Å². The van der Waals surface area contributed by atoms with Gasteiger partial charge in [-0.15, -0.1) is 11.3 Å². The van der Waals surface area contributed by atoms with Crippen LogP contribution in [0.5, 0.6) is 0 Å². The van der Waals surface area contributed by atoms with Gasteiger partial charge in [-0.3, -0.25) is 0 Å². The minimum absolute atomic E-state index is 0.142. The molecular formula is C16H22N2OS. The van der Waals surface area contributed by atoms with Crippen molar-refractivity contribution in [1.82, 2.24) is 10.3 Å². The first-order valence-electron chi connectivity index (χ1n) is 6.83. The van der Waals surface area contributed by atoms with Gasteiger partial charge in [0, 0.05) is 24.7 Å². The quantitative estimate of drug-likeness (QED) is 0.828. The van der Waals surface area contributed by atoms with E-state index >= 15 is 0 Å². The molecule has 0 aliphatic heterocycles. The Kier molecular flexibility index (Phi) is 5.29. The van der Waals surface area contributed by atoms with Crippen LogP contribution in [-0.2, 0) is 4.74 Å². The van der Waals surface area contributed by atoms with E-state index in [-0.39, 0.29) is 6.04 Å². The molecule has 0 radical (unpaired) electrons. The highest BCUT2D eigenvalue weighted by Gasteiger charge is 2.17. The highest BCUT2D eigenvalue weighted by Crippen LogP contribution is 2.26. The van der Waals surface area contributed by atoms with Crippen molar-refractivity contribution in [3.8, 4) is 0 Å². The second-order valence-electron chi connectivity index (χ2n) is 5.05. The van der Waals surface area contributed by atoms with Crippen LogP contribution in [-0.4, -0.2) is 25.2 Å². The van der Waals surface area contributed by atoms with Gasteiger partial charge in [0.1, 0.15) is 5.01 Å². The van der Waals surface area contributed by atoms with Crippen molar-refractivity contribution in [2.75, 3.05) is 20.3 Å². The molecule has 1 unspecified atom stereocenters. The monoisotopic (exact) mass is 290 g/mol. The van der Waals surface area contributed by atoms with Crippen molar-refractivity contribution >= 4 is 11.3 Å². The van der Waals surface area contributed by atoms with E-state index in [1.165, 1.54) is 16.7 Å². The van der Waals surface area contributed by atoms with Gasteiger partial charge in [0.2, 0.25) is 0 Å². The van der Waals surface area contributed by atoms with Crippen LogP contribution in [0.2, 0.25) is 0 Å². The van der Waals surface area contributed by atoms with Gasteiger partial charge in [-0.25, -0.2) is 4.98 Å². The van der Waals surface area contributed by atoms with Crippen LogP contribution in [0.4, 0.5) is 0 Å². The fraction of sp³-hybridized carbons (Fsp3) is 0.438. The van der Waals surface area contributed by atoms with Crippen LogP contribution in [0.25, 0.3) is 0 Å². The minimum Gasteiger partial charge on any atom is -0.383 e.